The van der Waals surface area contributed by atoms with Gasteiger partial charge in [0, 0.05) is 25.0 Å². The summed E-state index contributed by atoms with van der Waals surface area (Å²) in [5.74, 6) is 1.78. The summed E-state index contributed by atoms with van der Waals surface area (Å²) in [5.41, 5.74) is 0.646. The highest BCUT2D eigenvalue weighted by Gasteiger charge is 2.13. The van der Waals surface area contributed by atoms with E-state index in [-0.39, 0.29) is 0 Å². The Hall–Kier alpha value is -1.03. The number of aromatic nitrogens is 1. The Kier molecular flexibility index (Phi) is 4.62. The van der Waals surface area contributed by atoms with E-state index in [0.29, 0.717) is 11.6 Å². The molecular weight excluding hydrogens is 208 g/mol. The summed E-state index contributed by atoms with van der Waals surface area (Å²) in [5, 5.41) is 0. The normalized spacial score (nSPS) is 12.2. The van der Waals surface area contributed by atoms with E-state index in [1.165, 1.54) is 0 Å². The summed E-state index contributed by atoms with van der Waals surface area (Å²) in [6.45, 7) is 2.12. The molecular formula is C11H16N2OS. The van der Waals surface area contributed by atoms with E-state index in [0.717, 1.165) is 17.9 Å². The van der Waals surface area contributed by atoms with Gasteiger partial charge < -0.3 is 4.90 Å². The summed E-state index contributed by atoms with van der Waals surface area (Å²) in [4.78, 5) is 17.1. The molecule has 0 aliphatic rings. The maximum atomic E-state index is 10.8. The molecule has 4 heteroatoms. The van der Waals surface area contributed by atoms with Gasteiger partial charge >= 0.3 is 0 Å². The number of aldehydes is 1. The molecule has 0 N–H and O–H groups in total. The number of pyridine rings is 1. The first kappa shape index (κ1) is 12.0. The van der Waals surface area contributed by atoms with Crippen LogP contribution in [0.15, 0.2) is 18.3 Å². The summed E-state index contributed by atoms with van der Waals surface area (Å²) in [6, 6.07) is 3.94. The van der Waals surface area contributed by atoms with E-state index >= 15 is 0 Å². The van der Waals surface area contributed by atoms with Crippen molar-refractivity contribution in [2.24, 2.45) is 0 Å². The van der Waals surface area contributed by atoms with E-state index in [1.807, 2.05) is 11.9 Å². The van der Waals surface area contributed by atoms with E-state index in [9.17, 15) is 4.79 Å². The zero-order valence-electron chi connectivity index (χ0n) is 9.30. The van der Waals surface area contributed by atoms with Gasteiger partial charge in [0.15, 0.2) is 6.29 Å². The number of nitrogens with zero attached hydrogens (tertiary/aromatic N) is 2. The second-order valence-corrected chi connectivity index (χ2v) is 4.36. The van der Waals surface area contributed by atoms with Gasteiger partial charge in [-0.25, -0.2) is 4.98 Å². The van der Waals surface area contributed by atoms with Crippen molar-refractivity contribution in [3.63, 3.8) is 0 Å². The van der Waals surface area contributed by atoms with E-state index < -0.39 is 0 Å². The van der Waals surface area contributed by atoms with Crippen molar-refractivity contribution in [2.45, 2.75) is 13.0 Å². The Morgan fingerprint density at radius 2 is 2.40 bits per heavy atom. The van der Waals surface area contributed by atoms with Crippen LogP contribution in [0.1, 0.15) is 17.3 Å². The molecule has 15 heavy (non-hydrogen) atoms. The Bertz CT molecular complexity index is 330. The largest absolute Gasteiger partial charge is 0.356 e. The quantitative estimate of drug-likeness (QED) is 0.717. The van der Waals surface area contributed by atoms with Crippen LogP contribution in [-0.4, -0.2) is 36.4 Å². The second-order valence-electron chi connectivity index (χ2n) is 3.45. The minimum absolute atomic E-state index is 0.369. The van der Waals surface area contributed by atoms with Crippen molar-refractivity contribution in [1.29, 1.82) is 0 Å². The second kappa shape index (κ2) is 5.75. The van der Waals surface area contributed by atoms with Crippen LogP contribution in [0.4, 0.5) is 5.82 Å². The molecule has 0 saturated carbocycles. The molecule has 0 fully saturated rings. The van der Waals surface area contributed by atoms with Crippen LogP contribution in [0.3, 0.4) is 0 Å². The summed E-state index contributed by atoms with van der Waals surface area (Å²) in [7, 11) is 1.97. The zero-order chi connectivity index (χ0) is 11.3. The Morgan fingerprint density at radius 1 is 1.67 bits per heavy atom. The highest BCUT2D eigenvalue weighted by Crippen LogP contribution is 2.17. The summed E-state index contributed by atoms with van der Waals surface area (Å²) >= 11 is 1.79. The molecule has 3 nitrogen and oxygen atoms in total. The fraction of sp³-hybridized carbons (Fsp3) is 0.455. The Morgan fingerprint density at radius 3 is 3.00 bits per heavy atom. The number of hydrogen-bond donors (Lipinski definition) is 0. The lowest BCUT2D eigenvalue weighted by Gasteiger charge is -2.26. The molecule has 1 aromatic heterocycles. The maximum absolute atomic E-state index is 10.8. The predicted octanol–water partition coefficient (Wildman–Crippen LogP) is 2.08. The number of anilines is 1. The molecule has 0 aromatic carbocycles. The van der Waals surface area contributed by atoms with Crippen molar-refractivity contribution in [3.8, 4) is 0 Å². The fourth-order valence-electron chi connectivity index (χ4n) is 1.36. The molecule has 0 spiro atoms. The van der Waals surface area contributed by atoms with Crippen molar-refractivity contribution < 1.29 is 4.79 Å². The zero-order valence-corrected chi connectivity index (χ0v) is 10.1. The number of thioether (sulfide) groups is 1. The molecule has 1 unspecified atom stereocenters. The monoisotopic (exact) mass is 224 g/mol. The van der Waals surface area contributed by atoms with Crippen LogP contribution in [0, 0.1) is 0 Å². The van der Waals surface area contributed by atoms with Gasteiger partial charge in [-0.1, -0.05) is 0 Å². The molecule has 1 aromatic rings. The van der Waals surface area contributed by atoms with E-state index in [1.54, 1.807) is 30.1 Å². The Balaban J connectivity index is 2.89. The molecule has 0 amide bonds. The highest BCUT2D eigenvalue weighted by atomic mass is 32.2. The first-order valence-electron chi connectivity index (χ1n) is 4.82. The average Bonchev–Trinajstić information content (AvgIpc) is 2.28. The molecule has 0 aliphatic carbocycles. The number of rotatable bonds is 5. The first-order valence-corrected chi connectivity index (χ1v) is 6.22. The topological polar surface area (TPSA) is 33.2 Å². The van der Waals surface area contributed by atoms with Crippen molar-refractivity contribution in [1.82, 2.24) is 4.98 Å². The van der Waals surface area contributed by atoms with Crippen LogP contribution in [0.25, 0.3) is 0 Å². The number of hydrogen-bond acceptors (Lipinski definition) is 4. The van der Waals surface area contributed by atoms with Gasteiger partial charge in [-0.15, -0.1) is 0 Å². The van der Waals surface area contributed by atoms with Gasteiger partial charge in [0.2, 0.25) is 0 Å². The van der Waals surface area contributed by atoms with Gasteiger partial charge in [0.25, 0.3) is 0 Å². The van der Waals surface area contributed by atoms with Crippen molar-refractivity contribution >= 4 is 23.9 Å². The Labute approximate surface area is 94.9 Å². The van der Waals surface area contributed by atoms with E-state index in [2.05, 4.69) is 18.2 Å². The van der Waals surface area contributed by atoms with Crippen LogP contribution in [0.5, 0.6) is 0 Å². The SMILES string of the molecule is CSCC(C)N(C)c1ncccc1C=O. The fourth-order valence-corrected chi connectivity index (χ4v) is 2.06. The van der Waals surface area contributed by atoms with Crippen LogP contribution >= 0.6 is 11.8 Å². The smallest absolute Gasteiger partial charge is 0.153 e. The molecule has 1 heterocycles. The number of carbonyl (C=O) groups is 1. The molecule has 0 saturated heterocycles. The highest BCUT2D eigenvalue weighted by molar-refractivity contribution is 7.98. The average molecular weight is 224 g/mol. The van der Waals surface area contributed by atoms with E-state index in [4.69, 9.17) is 0 Å². The number of carbonyl (C=O) groups excluding carboxylic acids is 1. The summed E-state index contributed by atoms with van der Waals surface area (Å²) < 4.78 is 0. The molecule has 0 radical (unpaired) electrons. The standard InChI is InChI=1S/C11H16N2OS/c1-9(8-15-3)13(2)11-10(7-14)5-4-6-12-11/h4-7,9H,8H2,1-3H3. The molecule has 1 rings (SSSR count). The minimum Gasteiger partial charge on any atom is -0.356 e. The predicted molar refractivity (Wildman–Crippen MR) is 65.9 cm³/mol. The lowest BCUT2D eigenvalue weighted by atomic mass is 10.2. The molecule has 82 valence electrons. The van der Waals surface area contributed by atoms with Crippen molar-refractivity contribution in [2.75, 3.05) is 24.0 Å². The molecule has 0 bridgehead atoms. The maximum Gasteiger partial charge on any atom is 0.153 e. The van der Waals surface area contributed by atoms with Crippen LogP contribution in [-0.2, 0) is 0 Å². The lowest BCUT2D eigenvalue weighted by Crippen LogP contribution is -2.32. The lowest BCUT2D eigenvalue weighted by molar-refractivity contribution is 0.112. The third-order valence-electron chi connectivity index (χ3n) is 2.35. The van der Waals surface area contributed by atoms with Gasteiger partial charge in [0.05, 0.1) is 5.56 Å². The van der Waals surface area contributed by atoms with Crippen LogP contribution in [0.2, 0.25) is 0 Å². The van der Waals surface area contributed by atoms with Gasteiger partial charge in [-0.05, 0) is 25.3 Å². The molecule has 0 aliphatic heterocycles. The van der Waals surface area contributed by atoms with Crippen molar-refractivity contribution in [3.05, 3.63) is 23.9 Å². The summed E-state index contributed by atoms with van der Waals surface area (Å²) in [6.07, 6.45) is 4.64. The third kappa shape index (κ3) is 2.96. The van der Waals surface area contributed by atoms with Crippen LogP contribution < -0.4 is 4.90 Å². The minimum atomic E-state index is 0.369. The first-order chi connectivity index (χ1) is 7.20. The van der Waals surface area contributed by atoms with Gasteiger partial charge in [-0.3, -0.25) is 4.79 Å². The van der Waals surface area contributed by atoms with Gasteiger partial charge in [0.1, 0.15) is 5.82 Å². The van der Waals surface area contributed by atoms with Gasteiger partial charge in [-0.2, -0.15) is 11.8 Å². The molecule has 1 atom stereocenters. The third-order valence-corrected chi connectivity index (χ3v) is 3.16.